The number of hydrogen-bond acceptors (Lipinski definition) is 5. The zero-order valence-corrected chi connectivity index (χ0v) is 14.6. The topological polar surface area (TPSA) is 85.0 Å². The summed E-state index contributed by atoms with van der Waals surface area (Å²) < 4.78 is 6.49. The van der Waals surface area contributed by atoms with Crippen molar-refractivity contribution in [3.8, 4) is 12.3 Å². The highest BCUT2D eigenvalue weighted by Gasteiger charge is 2.39. The van der Waals surface area contributed by atoms with Crippen LogP contribution in [0.2, 0.25) is 0 Å². The van der Waals surface area contributed by atoms with Gasteiger partial charge < -0.3 is 14.6 Å². The van der Waals surface area contributed by atoms with Crippen molar-refractivity contribution >= 4 is 28.5 Å². The first-order chi connectivity index (χ1) is 12.6. The van der Waals surface area contributed by atoms with Gasteiger partial charge in [-0.2, -0.15) is 10.2 Å². The first-order valence-electron chi connectivity index (χ1n) is 8.39. The summed E-state index contributed by atoms with van der Waals surface area (Å²) in [5, 5.41) is 11.9. The first-order valence-corrected chi connectivity index (χ1v) is 8.39. The maximum atomic E-state index is 12.3. The minimum atomic E-state index is -0.459. The third-order valence-corrected chi connectivity index (χ3v) is 4.42. The third-order valence-electron chi connectivity index (χ3n) is 4.42. The summed E-state index contributed by atoms with van der Waals surface area (Å²) in [6.45, 7) is 0.123. The number of nitrogens with one attached hydrogen (secondary N) is 1. The van der Waals surface area contributed by atoms with Crippen LogP contribution in [0.5, 0.6) is 0 Å². The van der Waals surface area contributed by atoms with Gasteiger partial charge in [0, 0.05) is 37.3 Å². The molecule has 0 radical (unpaired) electrons. The summed E-state index contributed by atoms with van der Waals surface area (Å²) in [6.07, 6.45) is 9.23. The fourth-order valence-corrected chi connectivity index (χ4v) is 2.87. The smallest absolute Gasteiger partial charge is 0.325 e. The summed E-state index contributed by atoms with van der Waals surface area (Å²) in [5.74, 6) is 2.15. The van der Waals surface area contributed by atoms with E-state index in [9.17, 15) is 9.59 Å². The normalized spacial score (nSPS) is 14.0. The molecule has 0 fully saturated rings. The van der Waals surface area contributed by atoms with Crippen molar-refractivity contribution in [3.63, 3.8) is 0 Å². The number of carbonyl (C=O) groups is 2. The van der Waals surface area contributed by atoms with E-state index in [0.717, 1.165) is 10.9 Å². The molecule has 2 heterocycles. The highest BCUT2D eigenvalue weighted by Crippen LogP contribution is 2.37. The van der Waals surface area contributed by atoms with Crippen LogP contribution in [0, 0.1) is 12.3 Å². The summed E-state index contributed by atoms with van der Waals surface area (Å²) in [6, 6.07) is 7.44. The summed E-state index contributed by atoms with van der Waals surface area (Å²) in [5.41, 5.74) is 1.10. The maximum Gasteiger partial charge on any atom is 0.325 e. The molecule has 0 bridgehead atoms. The Morgan fingerprint density at radius 1 is 1.31 bits per heavy atom. The monoisotopic (exact) mass is 352 g/mol. The molecule has 0 atom stereocenters. The van der Waals surface area contributed by atoms with E-state index in [2.05, 4.69) is 21.5 Å². The maximum absolute atomic E-state index is 12.3. The number of hydrogen-bond donors (Lipinski definition) is 1. The van der Waals surface area contributed by atoms with Crippen molar-refractivity contribution in [2.45, 2.75) is 37.9 Å². The predicted octanol–water partition coefficient (Wildman–Crippen LogP) is 3.11. The quantitative estimate of drug-likeness (QED) is 0.585. The van der Waals surface area contributed by atoms with Crippen molar-refractivity contribution in [3.05, 3.63) is 30.5 Å². The van der Waals surface area contributed by atoms with Crippen LogP contribution in [0.3, 0.4) is 0 Å². The highest BCUT2D eigenvalue weighted by atomic mass is 16.5. The minimum Gasteiger partial charge on any atom is -0.468 e. The molecule has 1 N–H and O–H groups in total. The Hall–Kier alpha value is -3.14. The summed E-state index contributed by atoms with van der Waals surface area (Å²) in [4.78, 5) is 23.8. The Kier molecular flexibility index (Phi) is 5.03. The number of aromatic nitrogens is 1. The molecular weight excluding hydrogens is 332 g/mol. The van der Waals surface area contributed by atoms with Gasteiger partial charge in [-0.3, -0.25) is 9.59 Å². The molecule has 0 aliphatic carbocycles. The van der Waals surface area contributed by atoms with Gasteiger partial charge in [0.2, 0.25) is 5.91 Å². The average molecular weight is 352 g/mol. The van der Waals surface area contributed by atoms with Gasteiger partial charge in [0.25, 0.3) is 0 Å². The molecule has 2 aromatic rings. The number of benzene rings is 1. The van der Waals surface area contributed by atoms with E-state index in [1.54, 1.807) is 10.8 Å². The number of rotatable bonds is 8. The number of terminal acetylenes is 1. The van der Waals surface area contributed by atoms with Crippen LogP contribution in [0.1, 0.15) is 25.7 Å². The Morgan fingerprint density at radius 3 is 2.81 bits per heavy atom. The van der Waals surface area contributed by atoms with E-state index in [-0.39, 0.29) is 18.4 Å². The molecule has 0 spiro atoms. The van der Waals surface area contributed by atoms with Crippen LogP contribution in [0.4, 0.5) is 5.69 Å². The van der Waals surface area contributed by atoms with Crippen molar-refractivity contribution in [1.82, 2.24) is 4.57 Å². The second kappa shape index (κ2) is 7.40. The number of ether oxygens (including phenoxy) is 1. The van der Waals surface area contributed by atoms with Crippen LogP contribution in [0.15, 0.2) is 40.7 Å². The van der Waals surface area contributed by atoms with Gasteiger partial charge in [-0.15, -0.1) is 12.3 Å². The number of methoxy groups -OCH3 is 1. The lowest BCUT2D eigenvalue weighted by atomic mass is 10.0. The van der Waals surface area contributed by atoms with Crippen LogP contribution in [-0.2, 0) is 20.9 Å². The van der Waals surface area contributed by atoms with Crippen molar-refractivity contribution in [2.75, 3.05) is 12.4 Å². The molecule has 0 saturated heterocycles. The number of anilines is 1. The van der Waals surface area contributed by atoms with Crippen molar-refractivity contribution < 1.29 is 14.3 Å². The molecule has 134 valence electrons. The molecule has 1 aromatic carbocycles. The second-order valence-corrected chi connectivity index (χ2v) is 6.19. The summed E-state index contributed by atoms with van der Waals surface area (Å²) >= 11 is 0. The minimum absolute atomic E-state index is 0.101. The highest BCUT2D eigenvalue weighted by molar-refractivity contribution is 6.01. The Labute approximate surface area is 151 Å². The van der Waals surface area contributed by atoms with Crippen LogP contribution < -0.4 is 5.32 Å². The molecule has 7 nitrogen and oxygen atoms in total. The molecule has 0 saturated carbocycles. The third kappa shape index (κ3) is 3.91. The Morgan fingerprint density at radius 2 is 2.12 bits per heavy atom. The molecular formula is C19H20N4O3. The lowest BCUT2D eigenvalue weighted by Crippen LogP contribution is -2.17. The molecule has 7 heteroatoms. The Bertz CT molecular complexity index is 901. The van der Waals surface area contributed by atoms with Crippen LogP contribution in [-0.4, -0.2) is 29.2 Å². The summed E-state index contributed by atoms with van der Waals surface area (Å²) in [7, 11) is 1.36. The van der Waals surface area contributed by atoms with E-state index >= 15 is 0 Å². The largest absolute Gasteiger partial charge is 0.468 e. The molecule has 1 aromatic heterocycles. The molecule has 3 rings (SSSR count). The van der Waals surface area contributed by atoms with Crippen LogP contribution in [0.25, 0.3) is 10.9 Å². The second-order valence-electron chi connectivity index (χ2n) is 6.19. The predicted molar refractivity (Wildman–Crippen MR) is 97.5 cm³/mol. The van der Waals surface area contributed by atoms with Gasteiger partial charge in [0.05, 0.1) is 18.3 Å². The van der Waals surface area contributed by atoms with E-state index < -0.39 is 5.66 Å². The molecule has 1 aliphatic rings. The number of carbonyl (C=O) groups excluding carboxylic acids is 2. The fourth-order valence-electron chi connectivity index (χ4n) is 2.87. The Balaban J connectivity index is 1.64. The molecule has 1 amide bonds. The van der Waals surface area contributed by atoms with E-state index in [0.29, 0.717) is 31.4 Å². The van der Waals surface area contributed by atoms with Gasteiger partial charge in [0.15, 0.2) is 5.66 Å². The van der Waals surface area contributed by atoms with E-state index in [1.807, 2.05) is 24.3 Å². The molecule has 0 unspecified atom stereocenters. The number of amides is 1. The number of fused-ring (bicyclic) bond motifs is 1. The SMILES string of the molecule is C#CCCC1(CCC(=O)Nc2cccc3c2ccn3CC(=O)OC)N=N1. The van der Waals surface area contributed by atoms with Gasteiger partial charge in [-0.05, 0) is 18.2 Å². The van der Waals surface area contributed by atoms with Gasteiger partial charge in [0.1, 0.15) is 6.54 Å². The van der Waals surface area contributed by atoms with Gasteiger partial charge >= 0.3 is 5.97 Å². The number of esters is 1. The van der Waals surface area contributed by atoms with Crippen molar-refractivity contribution in [1.29, 1.82) is 0 Å². The average Bonchev–Trinajstić information content (AvgIpc) is 3.31. The zero-order valence-electron chi connectivity index (χ0n) is 14.6. The lowest BCUT2D eigenvalue weighted by Gasteiger charge is -2.10. The molecule has 26 heavy (non-hydrogen) atoms. The van der Waals surface area contributed by atoms with Gasteiger partial charge in [-0.1, -0.05) is 6.07 Å². The van der Waals surface area contributed by atoms with Gasteiger partial charge in [-0.25, -0.2) is 0 Å². The lowest BCUT2D eigenvalue weighted by molar-refractivity contribution is -0.141. The molecule has 1 aliphatic heterocycles. The van der Waals surface area contributed by atoms with E-state index in [1.165, 1.54) is 7.11 Å². The first kappa shape index (κ1) is 17.7. The van der Waals surface area contributed by atoms with Crippen molar-refractivity contribution in [2.24, 2.45) is 10.2 Å². The zero-order chi connectivity index (χ0) is 18.6. The van der Waals surface area contributed by atoms with Crippen LogP contribution >= 0.6 is 0 Å². The van der Waals surface area contributed by atoms with E-state index in [4.69, 9.17) is 11.2 Å². The fraction of sp³-hybridized carbons (Fsp3) is 0.368. The number of nitrogens with zero attached hydrogens (tertiary/aromatic N) is 3. The standard InChI is InChI=1S/C19H20N4O3/c1-3-4-10-19(21-22-19)11-8-17(24)20-15-6-5-7-16-14(15)9-12-23(16)13-18(25)26-2/h1,5-7,9,12H,4,8,10-11,13H2,2H3,(H,20,24).